The predicted molar refractivity (Wildman–Crippen MR) is 36.0 cm³/mol. The topological polar surface area (TPSA) is 29.5 Å². The zero-order valence-electron chi connectivity index (χ0n) is 4.66. The fourth-order valence-electron chi connectivity index (χ4n) is 0.541. The monoisotopic (exact) mass is 143 g/mol. The molecule has 1 heterocycles. The predicted octanol–water partition coefficient (Wildman–Crippen LogP) is 0.909. The van der Waals surface area contributed by atoms with Gasteiger partial charge in [0.1, 0.15) is 11.6 Å². The Hall–Kier alpha value is -0.900. The number of thiocarbonyl (C=S) groups is 1. The maximum Gasteiger partial charge on any atom is 0.419 e. The van der Waals surface area contributed by atoms with Gasteiger partial charge in [-0.25, -0.2) is 9.69 Å². The molecule has 1 saturated heterocycles. The van der Waals surface area contributed by atoms with Gasteiger partial charge < -0.3 is 4.74 Å². The Morgan fingerprint density at radius 2 is 2.56 bits per heavy atom. The summed E-state index contributed by atoms with van der Waals surface area (Å²) < 4.78 is 4.54. The maximum absolute atomic E-state index is 10.6. The Labute approximate surface area is 57.9 Å². The maximum atomic E-state index is 10.6. The lowest BCUT2D eigenvalue weighted by atomic mass is 10.6. The fraction of sp³-hybridized carbons (Fsp3) is 0.200. The molecule has 3 nitrogen and oxygen atoms in total. The molecule has 1 fully saturated rings. The standard InChI is InChI=1S/C5H5NO2S/c1-2-6-4(9)3-8-5(6)7/h2H,1,3H2. The minimum atomic E-state index is -0.435. The molecule has 9 heavy (non-hydrogen) atoms. The average molecular weight is 143 g/mol. The summed E-state index contributed by atoms with van der Waals surface area (Å²) in [5, 5.41) is 0. The van der Waals surface area contributed by atoms with E-state index in [4.69, 9.17) is 12.2 Å². The van der Waals surface area contributed by atoms with Gasteiger partial charge in [0.2, 0.25) is 0 Å². The van der Waals surface area contributed by atoms with Crippen LogP contribution < -0.4 is 0 Å². The van der Waals surface area contributed by atoms with Crippen molar-refractivity contribution in [3.8, 4) is 0 Å². The van der Waals surface area contributed by atoms with E-state index in [2.05, 4.69) is 11.3 Å². The normalized spacial score (nSPS) is 18.0. The molecule has 0 aliphatic carbocycles. The van der Waals surface area contributed by atoms with Crippen LogP contribution in [0.1, 0.15) is 0 Å². The molecule has 0 N–H and O–H groups in total. The molecule has 0 spiro atoms. The summed E-state index contributed by atoms with van der Waals surface area (Å²) in [5.74, 6) is 0. The first-order valence-corrected chi connectivity index (χ1v) is 2.78. The Balaban J connectivity index is 2.77. The molecule has 0 bridgehead atoms. The molecule has 1 aliphatic heterocycles. The van der Waals surface area contributed by atoms with Crippen LogP contribution in [0.2, 0.25) is 0 Å². The van der Waals surface area contributed by atoms with Gasteiger partial charge in [-0.3, -0.25) is 0 Å². The molecule has 0 unspecified atom stereocenters. The number of ether oxygens (including phenoxy) is 1. The van der Waals surface area contributed by atoms with Crippen molar-refractivity contribution in [1.29, 1.82) is 0 Å². The van der Waals surface area contributed by atoms with E-state index >= 15 is 0 Å². The molecule has 0 radical (unpaired) electrons. The number of hydrogen-bond acceptors (Lipinski definition) is 3. The zero-order chi connectivity index (χ0) is 6.85. The van der Waals surface area contributed by atoms with E-state index in [1.165, 1.54) is 11.1 Å². The Kier molecular flexibility index (Phi) is 1.48. The Bertz CT molecular complexity index is 162. The van der Waals surface area contributed by atoms with E-state index in [9.17, 15) is 4.79 Å². The van der Waals surface area contributed by atoms with Gasteiger partial charge in [0.25, 0.3) is 0 Å². The van der Waals surface area contributed by atoms with Crippen molar-refractivity contribution in [3.05, 3.63) is 12.8 Å². The third-order valence-corrected chi connectivity index (χ3v) is 1.28. The van der Waals surface area contributed by atoms with Crippen LogP contribution in [0.15, 0.2) is 12.8 Å². The molecular weight excluding hydrogens is 138 g/mol. The van der Waals surface area contributed by atoms with Crippen molar-refractivity contribution in [2.45, 2.75) is 0 Å². The Morgan fingerprint density at radius 1 is 1.89 bits per heavy atom. The summed E-state index contributed by atoms with van der Waals surface area (Å²) in [7, 11) is 0. The summed E-state index contributed by atoms with van der Waals surface area (Å²) in [5.41, 5.74) is 0. The molecule has 1 amide bonds. The number of cyclic esters (lactones) is 1. The highest BCUT2D eigenvalue weighted by Gasteiger charge is 2.24. The summed E-state index contributed by atoms with van der Waals surface area (Å²) in [6.07, 6.45) is 0.910. The molecule has 0 aromatic rings. The van der Waals surface area contributed by atoms with Gasteiger partial charge in [-0.1, -0.05) is 18.8 Å². The minimum Gasteiger partial charge on any atom is -0.442 e. The molecule has 0 aromatic carbocycles. The molecule has 1 rings (SSSR count). The number of hydrogen-bond donors (Lipinski definition) is 0. The number of carbonyl (C=O) groups is 1. The minimum absolute atomic E-state index is 0.209. The molecule has 0 atom stereocenters. The quantitative estimate of drug-likeness (QED) is 0.511. The zero-order valence-corrected chi connectivity index (χ0v) is 5.48. The van der Waals surface area contributed by atoms with Crippen LogP contribution in [0, 0.1) is 0 Å². The summed E-state index contributed by atoms with van der Waals surface area (Å²) >= 11 is 4.73. The van der Waals surface area contributed by atoms with Gasteiger partial charge in [0.05, 0.1) is 0 Å². The van der Waals surface area contributed by atoms with E-state index in [0.717, 1.165) is 0 Å². The highest BCUT2D eigenvalue weighted by molar-refractivity contribution is 7.80. The van der Waals surface area contributed by atoms with Gasteiger partial charge in [-0.2, -0.15) is 0 Å². The van der Waals surface area contributed by atoms with Crippen LogP contribution in [0.5, 0.6) is 0 Å². The van der Waals surface area contributed by atoms with Gasteiger partial charge >= 0.3 is 6.09 Å². The molecule has 4 heteroatoms. The number of nitrogens with zero attached hydrogens (tertiary/aromatic N) is 1. The Morgan fingerprint density at radius 3 is 2.78 bits per heavy atom. The molecular formula is C5H5NO2S. The fourth-order valence-corrected chi connectivity index (χ4v) is 0.749. The first-order valence-electron chi connectivity index (χ1n) is 2.37. The number of amides is 1. The lowest BCUT2D eigenvalue weighted by Gasteiger charge is -2.01. The average Bonchev–Trinajstić information content (AvgIpc) is 2.12. The summed E-state index contributed by atoms with van der Waals surface area (Å²) in [4.78, 5) is 12.2. The van der Waals surface area contributed by atoms with Crippen molar-refractivity contribution in [2.75, 3.05) is 6.61 Å². The van der Waals surface area contributed by atoms with Crippen LogP contribution >= 0.6 is 12.2 Å². The van der Waals surface area contributed by atoms with Gasteiger partial charge in [-0.05, 0) is 0 Å². The van der Waals surface area contributed by atoms with Gasteiger partial charge in [0, 0.05) is 6.20 Å². The largest absolute Gasteiger partial charge is 0.442 e. The third-order valence-electron chi connectivity index (χ3n) is 0.967. The van der Waals surface area contributed by atoms with E-state index in [1.54, 1.807) is 0 Å². The van der Waals surface area contributed by atoms with Crippen molar-refractivity contribution in [3.63, 3.8) is 0 Å². The smallest absolute Gasteiger partial charge is 0.419 e. The van der Waals surface area contributed by atoms with Gasteiger partial charge in [0.15, 0.2) is 0 Å². The third kappa shape index (κ3) is 0.929. The van der Waals surface area contributed by atoms with Crippen molar-refractivity contribution < 1.29 is 9.53 Å². The SMILES string of the molecule is C=CN1C(=O)OCC1=S. The molecule has 0 saturated carbocycles. The van der Waals surface area contributed by atoms with Gasteiger partial charge in [-0.15, -0.1) is 0 Å². The highest BCUT2D eigenvalue weighted by Crippen LogP contribution is 2.05. The molecule has 0 aromatic heterocycles. The van der Waals surface area contributed by atoms with E-state index in [-0.39, 0.29) is 6.61 Å². The van der Waals surface area contributed by atoms with E-state index in [0.29, 0.717) is 4.99 Å². The number of rotatable bonds is 1. The van der Waals surface area contributed by atoms with Crippen LogP contribution in [0.25, 0.3) is 0 Å². The van der Waals surface area contributed by atoms with E-state index < -0.39 is 6.09 Å². The van der Waals surface area contributed by atoms with Crippen molar-refractivity contribution in [1.82, 2.24) is 4.90 Å². The highest BCUT2D eigenvalue weighted by atomic mass is 32.1. The second kappa shape index (κ2) is 2.14. The van der Waals surface area contributed by atoms with Crippen LogP contribution in [0.4, 0.5) is 4.79 Å². The number of carbonyl (C=O) groups excluding carboxylic acids is 1. The second-order valence-corrected chi connectivity index (χ2v) is 1.97. The lowest BCUT2D eigenvalue weighted by Crippen LogP contribution is -2.20. The van der Waals surface area contributed by atoms with Crippen molar-refractivity contribution in [2.24, 2.45) is 0 Å². The molecule has 1 aliphatic rings. The van der Waals surface area contributed by atoms with Crippen LogP contribution in [-0.4, -0.2) is 22.6 Å². The summed E-state index contributed by atoms with van der Waals surface area (Å²) in [6, 6.07) is 0. The molecule has 48 valence electrons. The van der Waals surface area contributed by atoms with Crippen LogP contribution in [-0.2, 0) is 4.74 Å². The van der Waals surface area contributed by atoms with Crippen molar-refractivity contribution >= 4 is 23.3 Å². The lowest BCUT2D eigenvalue weighted by molar-refractivity contribution is 0.166. The first-order chi connectivity index (χ1) is 4.25. The van der Waals surface area contributed by atoms with Crippen LogP contribution in [0.3, 0.4) is 0 Å². The van der Waals surface area contributed by atoms with E-state index in [1.807, 2.05) is 0 Å². The second-order valence-electron chi connectivity index (χ2n) is 1.50. The summed E-state index contributed by atoms with van der Waals surface area (Å²) in [6.45, 7) is 3.59. The first kappa shape index (κ1) is 6.22.